The lowest BCUT2D eigenvalue weighted by Gasteiger charge is -2.22. The van der Waals surface area contributed by atoms with Gasteiger partial charge in [-0.1, -0.05) is 12.1 Å². The summed E-state index contributed by atoms with van der Waals surface area (Å²) in [6.45, 7) is 2.58. The molecule has 1 aliphatic heterocycles. The molecule has 1 aromatic rings. The van der Waals surface area contributed by atoms with Crippen molar-refractivity contribution in [2.45, 2.75) is 30.6 Å². The Bertz CT molecular complexity index is 522. The summed E-state index contributed by atoms with van der Waals surface area (Å²) in [7, 11) is -3.41. The van der Waals surface area contributed by atoms with Gasteiger partial charge in [0.05, 0.1) is 4.90 Å². The number of sulfonamides is 1. The molecule has 6 heteroatoms. The van der Waals surface area contributed by atoms with Gasteiger partial charge in [-0.05, 0) is 55.8 Å². The molecule has 1 heterocycles. The molecule has 0 aromatic heterocycles. The van der Waals surface area contributed by atoms with Crippen molar-refractivity contribution in [2.24, 2.45) is 11.7 Å². The molecule has 0 unspecified atom stereocenters. The molecule has 0 atom stereocenters. The van der Waals surface area contributed by atoms with Crippen LogP contribution in [0, 0.1) is 5.92 Å². The third kappa shape index (κ3) is 5.07. The van der Waals surface area contributed by atoms with Crippen LogP contribution in [-0.4, -0.2) is 34.7 Å². The Labute approximate surface area is 126 Å². The number of nitrogens with two attached hydrogens (primary N) is 1. The molecule has 3 N–H and O–H groups in total. The minimum atomic E-state index is -3.41. The highest BCUT2D eigenvalue weighted by atomic mass is 32.2. The van der Waals surface area contributed by atoms with Crippen molar-refractivity contribution >= 4 is 10.0 Å². The van der Waals surface area contributed by atoms with E-state index in [1.165, 1.54) is 0 Å². The van der Waals surface area contributed by atoms with E-state index >= 15 is 0 Å². The van der Waals surface area contributed by atoms with Gasteiger partial charge in [-0.3, -0.25) is 0 Å². The van der Waals surface area contributed by atoms with Crippen LogP contribution in [0.4, 0.5) is 0 Å². The summed E-state index contributed by atoms with van der Waals surface area (Å²) < 4.78 is 32.5. The van der Waals surface area contributed by atoms with E-state index in [9.17, 15) is 8.42 Å². The van der Waals surface area contributed by atoms with Crippen molar-refractivity contribution in [3.05, 3.63) is 29.8 Å². The molecule has 2 rings (SSSR count). The van der Waals surface area contributed by atoms with Crippen LogP contribution < -0.4 is 10.5 Å². The lowest BCUT2D eigenvalue weighted by atomic mass is 10.0. The Morgan fingerprint density at radius 2 is 1.86 bits per heavy atom. The Kier molecular flexibility index (Phi) is 6.17. The number of rotatable bonds is 7. The van der Waals surface area contributed by atoms with Crippen molar-refractivity contribution in [1.82, 2.24) is 4.72 Å². The van der Waals surface area contributed by atoms with E-state index < -0.39 is 10.0 Å². The highest BCUT2D eigenvalue weighted by Crippen LogP contribution is 2.16. The maximum absolute atomic E-state index is 12.2. The molecule has 118 valence electrons. The number of hydrogen-bond donors (Lipinski definition) is 2. The van der Waals surface area contributed by atoms with E-state index in [4.69, 9.17) is 10.5 Å². The van der Waals surface area contributed by atoms with Crippen molar-refractivity contribution in [3.8, 4) is 0 Å². The number of ether oxygens (including phenoxy) is 1. The van der Waals surface area contributed by atoms with Gasteiger partial charge in [0, 0.05) is 19.8 Å². The largest absolute Gasteiger partial charge is 0.381 e. The molecule has 21 heavy (non-hydrogen) atoms. The predicted molar refractivity (Wildman–Crippen MR) is 82.5 cm³/mol. The van der Waals surface area contributed by atoms with E-state index in [0.717, 1.165) is 44.5 Å². The van der Waals surface area contributed by atoms with Crippen molar-refractivity contribution in [2.75, 3.05) is 26.3 Å². The van der Waals surface area contributed by atoms with Crippen LogP contribution in [-0.2, 0) is 21.2 Å². The first kappa shape index (κ1) is 16.4. The van der Waals surface area contributed by atoms with Crippen LogP contribution in [0.1, 0.15) is 24.8 Å². The van der Waals surface area contributed by atoms with Gasteiger partial charge in [0.25, 0.3) is 0 Å². The molecule has 0 amide bonds. The number of aryl methyl sites for hydroxylation is 1. The quantitative estimate of drug-likeness (QED) is 0.795. The van der Waals surface area contributed by atoms with E-state index in [1.807, 2.05) is 12.1 Å². The molecule has 0 bridgehead atoms. The van der Waals surface area contributed by atoms with E-state index in [2.05, 4.69) is 4.72 Å². The van der Waals surface area contributed by atoms with Gasteiger partial charge in [-0.25, -0.2) is 13.1 Å². The van der Waals surface area contributed by atoms with Crippen LogP contribution >= 0.6 is 0 Å². The highest BCUT2D eigenvalue weighted by Gasteiger charge is 2.18. The lowest BCUT2D eigenvalue weighted by Crippen LogP contribution is -2.32. The first-order valence-electron chi connectivity index (χ1n) is 7.48. The zero-order valence-corrected chi connectivity index (χ0v) is 13.1. The molecule has 1 saturated heterocycles. The third-order valence-electron chi connectivity index (χ3n) is 3.81. The molecule has 5 nitrogen and oxygen atoms in total. The molecular formula is C15H24N2O3S. The minimum absolute atomic E-state index is 0.325. The van der Waals surface area contributed by atoms with E-state index in [1.54, 1.807) is 12.1 Å². The molecule has 1 fully saturated rings. The summed E-state index contributed by atoms with van der Waals surface area (Å²) in [6, 6.07) is 7.05. The molecule has 0 aliphatic carbocycles. The average Bonchev–Trinajstić information content (AvgIpc) is 2.52. The molecule has 0 spiro atoms. The minimum Gasteiger partial charge on any atom is -0.381 e. The Morgan fingerprint density at radius 1 is 1.19 bits per heavy atom. The SMILES string of the molecule is NCCCc1ccc(S(=O)(=O)NCC2CCOCC2)cc1. The number of benzene rings is 1. The maximum Gasteiger partial charge on any atom is 0.240 e. The normalized spacial score (nSPS) is 17.0. The first-order valence-corrected chi connectivity index (χ1v) is 8.96. The van der Waals surface area contributed by atoms with E-state index in [0.29, 0.717) is 23.9 Å². The van der Waals surface area contributed by atoms with Gasteiger partial charge in [0.2, 0.25) is 10.0 Å². The van der Waals surface area contributed by atoms with Crippen LogP contribution in [0.3, 0.4) is 0 Å². The van der Waals surface area contributed by atoms with Crippen molar-refractivity contribution in [3.63, 3.8) is 0 Å². The molecule has 1 aromatic carbocycles. The zero-order chi connectivity index (χ0) is 15.1. The van der Waals surface area contributed by atoms with Crippen molar-refractivity contribution in [1.29, 1.82) is 0 Å². The monoisotopic (exact) mass is 312 g/mol. The number of nitrogens with one attached hydrogen (secondary N) is 1. The fourth-order valence-corrected chi connectivity index (χ4v) is 3.52. The zero-order valence-electron chi connectivity index (χ0n) is 12.3. The second-order valence-electron chi connectivity index (χ2n) is 5.44. The Morgan fingerprint density at radius 3 is 2.48 bits per heavy atom. The molecular weight excluding hydrogens is 288 g/mol. The number of hydrogen-bond acceptors (Lipinski definition) is 4. The van der Waals surface area contributed by atoms with E-state index in [-0.39, 0.29) is 0 Å². The summed E-state index contributed by atoms with van der Waals surface area (Å²) in [5.74, 6) is 0.373. The summed E-state index contributed by atoms with van der Waals surface area (Å²) in [4.78, 5) is 0.325. The molecule has 1 aliphatic rings. The van der Waals surface area contributed by atoms with Crippen LogP contribution in [0.15, 0.2) is 29.2 Å². The lowest BCUT2D eigenvalue weighted by molar-refractivity contribution is 0.0678. The van der Waals surface area contributed by atoms with Gasteiger partial charge < -0.3 is 10.5 Å². The predicted octanol–water partition coefficient (Wildman–Crippen LogP) is 1.28. The summed E-state index contributed by atoms with van der Waals surface area (Å²) in [6.07, 6.45) is 3.63. The van der Waals surface area contributed by atoms with Crippen LogP contribution in [0.5, 0.6) is 0 Å². The fourth-order valence-electron chi connectivity index (χ4n) is 2.40. The van der Waals surface area contributed by atoms with Gasteiger partial charge in [-0.15, -0.1) is 0 Å². The maximum atomic E-state index is 12.2. The second kappa shape index (κ2) is 7.89. The average molecular weight is 312 g/mol. The van der Waals surface area contributed by atoms with Crippen LogP contribution in [0.25, 0.3) is 0 Å². The smallest absolute Gasteiger partial charge is 0.240 e. The summed E-state index contributed by atoms with van der Waals surface area (Å²) in [5.41, 5.74) is 6.59. The summed E-state index contributed by atoms with van der Waals surface area (Å²) in [5, 5.41) is 0. The van der Waals surface area contributed by atoms with Crippen molar-refractivity contribution < 1.29 is 13.2 Å². The first-order chi connectivity index (χ1) is 10.1. The topological polar surface area (TPSA) is 81.4 Å². The van der Waals surface area contributed by atoms with Gasteiger partial charge in [0.15, 0.2) is 0 Å². The van der Waals surface area contributed by atoms with Gasteiger partial charge in [-0.2, -0.15) is 0 Å². The molecule has 0 radical (unpaired) electrons. The fraction of sp³-hybridized carbons (Fsp3) is 0.600. The Hall–Kier alpha value is -0.950. The third-order valence-corrected chi connectivity index (χ3v) is 5.25. The standard InChI is InChI=1S/C15H24N2O3S/c16-9-1-2-13-3-5-15(6-4-13)21(18,19)17-12-14-7-10-20-11-8-14/h3-6,14,17H,1-2,7-12,16H2. The van der Waals surface area contributed by atoms with Gasteiger partial charge >= 0.3 is 0 Å². The second-order valence-corrected chi connectivity index (χ2v) is 7.21. The highest BCUT2D eigenvalue weighted by molar-refractivity contribution is 7.89. The summed E-state index contributed by atoms with van der Waals surface area (Å²) >= 11 is 0. The Balaban J connectivity index is 1.91. The van der Waals surface area contributed by atoms with Gasteiger partial charge in [0.1, 0.15) is 0 Å². The van der Waals surface area contributed by atoms with Crippen LogP contribution in [0.2, 0.25) is 0 Å². The molecule has 0 saturated carbocycles.